The maximum Gasteiger partial charge on any atom is 0.417 e. The largest absolute Gasteiger partial charge is 0.417 e. The number of hydrogen-bond donors (Lipinski definition) is 1. The van der Waals surface area contributed by atoms with Crippen molar-refractivity contribution in [3.63, 3.8) is 0 Å². The number of aromatic nitrogens is 3. The summed E-state index contributed by atoms with van der Waals surface area (Å²) in [6, 6.07) is 3.16. The summed E-state index contributed by atoms with van der Waals surface area (Å²) in [6.45, 7) is 0. The van der Waals surface area contributed by atoms with Crippen molar-refractivity contribution in [2.24, 2.45) is 0 Å². The van der Waals surface area contributed by atoms with Crippen molar-refractivity contribution >= 4 is 0 Å². The SMILES string of the molecule is C#Cc1ccc(C(F)(F)F)c(C(F)(F)F)c1.FC(F)(F)c1ccc(-c2cn[nH]n2)cc1C(F)(F)F. The zero-order valence-electron chi connectivity index (χ0n) is 16.5. The van der Waals surface area contributed by atoms with Crippen LogP contribution in [0.4, 0.5) is 52.7 Å². The molecule has 0 fully saturated rings. The number of hydrogen-bond acceptors (Lipinski definition) is 2. The Bertz CT molecular complexity index is 1190. The van der Waals surface area contributed by atoms with Gasteiger partial charge in [0.05, 0.1) is 28.5 Å². The number of halogens is 12. The van der Waals surface area contributed by atoms with Crippen LogP contribution in [0.3, 0.4) is 0 Å². The van der Waals surface area contributed by atoms with Crippen LogP contribution >= 0.6 is 0 Å². The summed E-state index contributed by atoms with van der Waals surface area (Å²) >= 11 is 0. The van der Waals surface area contributed by atoms with Gasteiger partial charge in [0.25, 0.3) is 0 Å². The zero-order chi connectivity index (χ0) is 26.8. The first-order chi connectivity index (χ1) is 15.9. The molecule has 0 aliphatic rings. The number of benzene rings is 2. The predicted octanol–water partition coefficient (Wildman–Crippen LogP) is 7.21. The van der Waals surface area contributed by atoms with Crippen molar-refractivity contribution in [1.29, 1.82) is 0 Å². The molecule has 2 aromatic carbocycles. The normalized spacial score (nSPS) is 12.5. The molecule has 0 aliphatic carbocycles. The molecule has 0 aliphatic heterocycles. The summed E-state index contributed by atoms with van der Waals surface area (Å²) in [4.78, 5) is 0. The van der Waals surface area contributed by atoms with Gasteiger partial charge in [-0.05, 0) is 30.3 Å². The van der Waals surface area contributed by atoms with E-state index in [9.17, 15) is 52.7 Å². The van der Waals surface area contributed by atoms with Crippen LogP contribution in [0.1, 0.15) is 27.8 Å². The van der Waals surface area contributed by atoms with E-state index in [1.165, 1.54) is 0 Å². The Morgan fingerprint density at radius 2 is 1.09 bits per heavy atom. The minimum atomic E-state index is -5.11. The van der Waals surface area contributed by atoms with Gasteiger partial charge in [-0.15, -0.1) is 6.42 Å². The topological polar surface area (TPSA) is 41.6 Å². The average Bonchev–Trinajstić information content (AvgIpc) is 3.25. The first-order valence-corrected chi connectivity index (χ1v) is 8.75. The van der Waals surface area contributed by atoms with Crippen LogP contribution in [0, 0.1) is 12.3 Å². The summed E-state index contributed by atoms with van der Waals surface area (Å²) in [7, 11) is 0. The highest BCUT2D eigenvalue weighted by atomic mass is 19.4. The lowest BCUT2D eigenvalue weighted by Crippen LogP contribution is -2.16. The van der Waals surface area contributed by atoms with E-state index in [1.54, 1.807) is 0 Å². The fraction of sp³-hybridized carbons (Fsp3) is 0.200. The molecule has 3 rings (SSSR count). The van der Waals surface area contributed by atoms with Crippen LogP contribution in [0.15, 0.2) is 42.6 Å². The van der Waals surface area contributed by atoms with Gasteiger partial charge >= 0.3 is 24.7 Å². The highest BCUT2D eigenvalue weighted by molar-refractivity contribution is 5.60. The third-order valence-electron chi connectivity index (χ3n) is 4.14. The van der Waals surface area contributed by atoms with Gasteiger partial charge in [-0.1, -0.05) is 12.0 Å². The smallest absolute Gasteiger partial charge is 0.197 e. The van der Waals surface area contributed by atoms with Crippen molar-refractivity contribution in [3.8, 4) is 23.6 Å². The van der Waals surface area contributed by atoms with Crippen LogP contribution in [0.2, 0.25) is 0 Å². The quantitative estimate of drug-likeness (QED) is 0.273. The Morgan fingerprint density at radius 1 is 0.629 bits per heavy atom. The fourth-order valence-electron chi connectivity index (χ4n) is 2.64. The maximum absolute atomic E-state index is 12.7. The molecule has 0 saturated carbocycles. The molecule has 0 radical (unpaired) electrons. The first-order valence-electron chi connectivity index (χ1n) is 8.75. The summed E-state index contributed by atoms with van der Waals surface area (Å²) in [5, 5.41) is 9.07. The lowest BCUT2D eigenvalue weighted by Gasteiger charge is -2.16. The van der Waals surface area contributed by atoms with Gasteiger partial charge in [-0.3, -0.25) is 0 Å². The van der Waals surface area contributed by atoms with Crippen LogP contribution in [-0.2, 0) is 24.7 Å². The van der Waals surface area contributed by atoms with Crippen LogP contribution in [0.5, 0.6) is 0 Å². The van der Waals surface area contributed by atoms with E-state index >= 15 is 0 Å². The van der Waals surface area contributed by atoms with Gasteiger partial charge in [0.15, 0.2) is 0 Å². The second-order valence-electron chi connectivity index (χ2n) is 6.51. The third-order valence-corrected chi connectivity index (χ3v) is 4.14. The lowest BCUT2D eigenvalue weighted by molar-refractivity contribution is -0.162. The Kier molecular flexibility index (Phi) is 7.48. The molecular formula is C20H9F12N3. The van der Waals surface area contributed by atoms with Gasteiger partial charge in [0.2, 0.25) is 0 Å². The minimum absolute atomic E-state index is 0.0271. The number of nitrogens with zero attached hydrogens (tertiary/aromatic N) is 2. The average molecular weight is 519 g/mol. The van der Waals surface area contributed by atoms with Crippen LogP contribution in [0.25, 0.3) is 11.3 Å². The Balaban J connectivity index is 0.000000251. The minimum Gasteiger partial charge on any atom is -0.197 e. The van der Waals surface area contributed by atoms with E-state index < -0.39 is 47.0 Å². The molecule has 0 bridgehead atoms. The highest BCUT2D eigenvalue weighted by Crippen LogP contribution is 2.42. The van der Waals surface area contributed by atoms with E-state index in [4.69, 9.17) is 6.42 Å². The Hall–Kier alpha value is -3.70. The summed E-state index contributed by atoms with van der Waals surface area (Å²) in [5.41, 5.74) is -7.31. The molecular weight excluding hydrogens is 510 g/mol. The van der Waals surface area contributed by atoms with Crippen molar-refractivity contribution < 1.29 is 52.7 Å². The van der Waals surface area contributed by atoms with Gasteiger partial charge in [-0.25, -0.2) is 0 Å². The number of terminal acetylenes is 1. The van der Waals surface area contributed by atoms with Crippen molar-refractivity contribution in [2.45, 2.75) is 24.7 Å². The lowest BCUT2D eigenvalue weighted by atomic mass is 10.0. The number of aromatic amines is 1. The number of nitrogens with one attached hydrogen (secondary N) is 1. The predicted molar refractivity (Wildman–Crippen MR) is 96.2 cm³/mol. The molecule has 3 nitrogen and oxygen atoms in total. The van der Waals surface area contributed by atoms with Crippen molar-refractivity contribution in [1.82, 2.24) is 15.4 Å². The monoisotopic (exact) mass is 519 g/mol. The Labute approximate surface area is 187 Å². The third kappa shape index (κ3) is 6.90. The second kappa shape index (κ2) is 9.51. The summed E-state index contributed by atoms with van der Waals surface area (Å²) in [6.07, 6.45) is -14.4. The molecule has 0 spiro atoms. The maximum atomic E-state index is 12.7. The van der Waals surface area contributed by atoms with Gasteiger partial charge in [0.1, 0.15) is 5.69 Å². The van der Waals surface area contributed by atoms with E-state index in [0.29, 0.717) is 24.3 Å². The number of alkyl halides is 12. The molecule has 1 aromatic heterocycles. The molecule has 188 valence electrons. The summed E-state index contributed by atoms with van der Waals surface area (Å²) < 4.78 is 149. The van der Waals surface area contributed by atoms with Gasteiger partial charge in [-0.2, -0.15) is 68.1 Å². The fourth-order valence-corrected chi connectivity index (χ4v) is 2.64. The van der Waals surface area contributed by atoms with Crippen LogP contribution < -0.4 is 0 Å². The number of rotatable bonds is 1. The van der Waals surface area contributed by atoms with E-state index in [0.717, 1.165) is 18.3 Å². The van der Waals surface area contributed by atoms with Gasteiger partial charge < -0.3 is 0 Å². The molecule has 0 amide bonds. The van der Waals surface area contributed by atoms with E-state index in [2.05, 4.69) is 15.4 Å². The van der Waals surface area contributed by atoms with Gasteiger partial charge in [0, 0.05) is 11.1 Å². The molecule has 1 heterocycles. The summed E-state index contributed by atoms with van der Waals surface area (Å²) in [5.74, 6) is 1.85. The standard InChI is InChI=1S/C10H5F6N3.C10H4F6/c11-9(12,13)6-2-1-5(8-4-17-19-18-8)3-7(6)10(14,15)16;1-2-6-3-4-7(9(11,12)13)8(5-6)10(14,15)16/h1-4H,(H,17,18,19);1,3-5H. The molecule has 15 heteroatoms. The van der Waals surface area contributed by atoms with E-state index in [1.807, 2.05) is 5.92 Å². The zero-order valence-corrected chi connectivity index (χ0v) is 16.5. The molecule has 35 heavy (non-hydrogen) atoms. The highest BCUT2D eigenvalue weighted by Gasteiger charge is 2.44. The Morgan fingerprint density at radius 3 is 1.49 bits per heavy atom. The molecule has 0 saturated heterocycles. The molecule has 1 N–H and O–H groups in total. The molecule has 0 unspecified atom stereocenters. The van der Waals surface area contributed by atoms with E-state index in [-0.39, 0.29) is 16.8 Å². The van der Waals surface area contributed by atoms with Crippen molar-refractivity contribution in [2.75, 3.05) is 0 Å². The van der Waals surface area contributed by atoms with Crippen molar-refractivity contribution in [3.05, 3.63) is 70.4 Å². The van der Waals surface area contributed by atoms with Crippen LogP contribution in [-0.4, -0.2) is 15.4 Å². The second-order valence-corrected chi connectivity index (χ2v) is 6.51. The molecule has 0 atom stereocenters. The number of H-pyrrole nitrogens is 1. The first kappa shape index (κ1) is 27.5. The molecule has 3 aromatic rings.